The molecule has 1 aliphatic heterocycles. The van der Waals surface area contributed by atoms with Gasteiger partial charge in [-0.2, -0.15) is 0 Å². The number of anilines is 1. The molecule has 1 aromatic carbocycles. The van der Waals surface area contributed by atoms with Crippen molar-refractivity contribution in [1.29, 1.82) is 0 Å². The molecule has 0 amide bonds. The second-order valence-electron chi connectivity index (χ2n) is 5.46. The molecule has 118 valence electrons. The summed E-state index contributed by atoms with van der Waals surface area (Å²) >= 11 is 6.07. The minimum absolute atomic E-state index is 0.153. The molecular weight excluding hydrogens is 316 g/mol. The van der Waals surface area contributed by atoms with E-state index in [9.17, 15) is 0 Å². The summed E-state index contributed by atoms with van der Waals surface area (Å²) in [5.74, 6) is 0.733. The first-order valence-electron chi connectivity index (χ1n) is 7.35. The number of morpholine rings is 1. The number of nitrogens with zero attached hydrogens (tertiary/aromatic N) is 6. The smallest absolute Gasteiger partial charge is 0.181 e. The van der Waals surface area contributed by atoms with Crippen molar-refractivity contribution < 1.29 is 4.74 Å². The fraction of sp³-hybridized carbons (Fsp3) is 0.333. The average molecular weight is 331 g/mol. The van der Waals surface area contributed by atoms with Crippen LogP contribution in [0, 0.1) is 0 Å². The molecule has 7 nitrogen and oxygen atoms in total. The molecule has 0 bridgehead atoms. The highest BCUT2D eigenvalue weighted by atomic mass is 35.5. The third-order valence-electron chi connectivity index (χ3n) is 4.03. The summed E-state index contributed by atoms with van der Waals surface area (Å²) in [6.45, 7) is 2.12. The van der Waals surface area contributed by atoms with E-state index in [1.54, 1.807) is 4.68 Å². The van der Waals surface area contributed by atoms with Crippen LogP contribution in [-0.2, 0) is 11.8 Å². The number of hydrogen-bond acceptors (Lipinski definition) is 6. The number of ether oxygens (including phenoxy) is 1. The van der Waals surface area contributed by atoms with E-state index < -0.39 is 0 Å². The number of aromatic nitrogens is 5. The Morgan fingerprint density at radius 1 is 1.30 bits per heavy atom. The Balaban J connectivity index is 1.69. The second-order valence-corrected chi connectivity index (χ2v) is 5.89. The molecule has 4 rings (SSSR count). The lowest BCUT2D eigenvalue weighted by molar-refractivity contribution is 0.0317. The van der Waals surface area contributed by atoms with Gasteiger partial charge in [0, 0.05) is 35.9 Å². The van der Waals surface area contributed by atoms with Gasteiger partial charge in [-0.25, -0.2) is 4.68 Å². The maximum absolute atomic E-state index is 6.07. The highest BCUT2D eigenvalue weighted by molar-refractivity contribution is 6.31. The molecule has 0 saturated carbocycles. The van der Waals surface area contributed by atoms with E-state index in [4.69, 9.17) is 16.3 Å². The number of hydrogen-bond donors (Lipinski definition) is 0. The van der Waals surface area contributed by atoms with Crippen LogP contribution < -0.4 is 4.90 Å². The number of pyridine rings is 1. The summed E-state index contributed by atoms with van der Waals surface area (Å²) in [7, 11) is 1.82. The number of benzene rings is 1. The molecule has 1 atom stereocenters. The van der Waals surface area contributed by atoms with Gasteiger partial charge in [-0.05, 0) is 34.7 Å². The van der Waals surface area contributed by atoms with E-state index in [0.717, 1.165) is 29.0 Å². The van der Waals surface area contributed by atoms with E-state index in [-0.39, 0.29) is 6.10 Å². The third-order valence-corrected chi connectivity index (χ3v) is 4.26. The number of tetrazole rings is 1. The van der Waals surface area contributed by atoms with Crippen LogP contribution in [0.2, 0.25) is 5.02 Å². The Labute approximate surface area is 137 Å². The van der Waals surface area contributed by atoms with Crippen LogP contribution in [-0.4, -0.2) is 44.9 Å². The first-order valence-corrected chi connectivity index (χ1v) is 7.73. The molecule has 0 N–H and O–H groups in total. The van der Waals surface area contributed by atoms with Crippen molar-refractivity contribution in [2.45, 2.75) is 6.10 Å². The van der Waals surface area contributed by atoms with E-state index in [2.05, 4.69) is 25.4 Å². The summed E-state index contributed by atoms with van der Waals surface area (Å²) in [5, 5.41) is 13.4. The van der Waals surface area contributed by atoms with Crippen LogP contribution in [0.4, 0.5) is 5.69 Å². The van der Waals surface area contributed by atoms with Crippen LogP contribution >= 0.6 is 11.6 Å². The lowest BCUT2D eigenvalue weighted by Crippen LogP contribution is -2.39. The zero-order chi connectivity index (χ0) is 15.8. The van der Waals surface area contributed by atoms with Gasteiger partial charge in [0.25, 0.3) is 0 Å². The molecule has 1 unspecified atom stereocenters. The van der Waals surface area contributed by atoms with Gasteiger partial charge in [0.1, 0.15) is 6.10 Å². The quantitative estimate of drug-likeness (QED) is 0.715. The lowest BCUT2D eigenvalue weighted by Gasteiger charge is -2.34. The van der Waals surface area contributed by atoms with Gasteiger partial charge in [0.05, 0.1) is 18.7 Å². The largest absolute Gasteiger partial charge is 0.366 e. The molecule has 0 radical (unpaired) electrons. The molecule has 2 aromatic heterocycles. The predicted octanol–water partition coefficient (Wildman–Crippen LogP) is 1.99. The third kappa shape index (κ3) is 2.62. The summed E-state index contributed by atoms with van der Waals surface area (Å²) < 4.78 is 7.50. The minimum atomic E-state index is -0.153. The number of halogens is 1. The van der Waals surface area contributed by atoms with Crippen LogP contribution in [0.25, 0.3) is 10.9 Å². The highest BCUT2D eigenvalue weighted by Crippen LogP contribution is 2.30. The van der Waals surface area contributed by atoms with Crippen molar-refractivity contribution in [2.24, 2.45) is 7.05 Å². The first kappa shape index (κ1) is 14.3. The molecule has 8 heteroatoms. The molecule has 0 spiro atoms. The molecule has 1 saturated heterocycles. The number of fused-ring (bicyclic) bond motifs is 1. The first-order chi connectivity index (χ1) is 11.2. The molecule has 1 fully saturated rings. The Kier molecular flexibility index (Phi) is 3.59. The van der Waals surface area contributed by atoms with Crippen molar-refractivity contribution >= 4 is 28.2 Å². The zero-order valence-corrected chi connectivity index (χ0v) is 13.3. The van der Waals surface area contributed by atoms with Gasteiger partial charge in [-0.1, -0.05) is 11.6 Å². The van der Waals surface area contributed by atoms with Gasteiger partial charge in [0.2, 0.25) is 0 Å². The fourth-order valence-corrected chi connectivity index (χ4v) is 3.08. The van der Waals surface area contributed by atoms with Crippen LogP contribution in [0.1, 0.15) is 11.9 Å². The normalized spacial score (nSPS) is 18.5. The van der Waals surface area contributed by atoms with E-state index in [1.165, 1.54) is 0 Å². The van der Waals surface area contributed by atoms with Crippen molar-refractivity contribution in [1.82, 2.24) is 25.2 Å². The molecule has 23 heavy (non-hydrogen) atoms. The van der Waals surface area contributed by atoms with E-state index in [0.29, 0.717) is 18.2 Å². The van der Waals surface area contributed by atoms with E-state index >= 15 is 0 Å². The molecule has 3 aromatic rings. The van der Waals surface area contributed by atoms with Gasteiger partial charge < -0.3 is 9.64 Å². The molecule has 3 heterocycles. The molecule has 1 aliphatic rings. The van der Waals surface area contributed by atoms with Crippen molar-refractivity contribution in [3.8, 4) is 0 Å². The monoisotopic (exact) mass is 330 g/mol. The standard InChI is InChI=1S/C15H15ClN6O/c1-21-15(18-19-20-21)14-9-22(6-7-23-14)13-4-5-17-12-8-10(16)2-3-11(12)13/h2-5,8,14H,6-7,9H2,1H3. The lowest BCUT2D eigenvalue weighted by atomic mass is 10.1. The van der Waals surface area contributed by atoms with E-state index in [1.807, 2.05) is 37.5 Å². The minimum Gasteiger partial charge on any atom is -0.366 e. The molecule has 0 aliphatic carbocycles. The highest BCUT2D eigenvalue weighted by Gasteiger charge is 2.27. The number of aryl methyl sites for hydroxylation is 1. The van der Waals surface area contributed by atoms with Gasteiger partial charge in [-0.15, -0.1) is 5.10 Å². The van der Waals surface area contributed by atoms with Crippen LogP contribution in [0.5, 0.6) is 0 Å². The van der Waals surface area contributed by atoms with Crippen molar-refractivity contribution in [3.05, 3.63) is 41.3 Å². The summed E-state index contributed by atoms with van der Waals surface area (Å²) in [5.41, 5.74) is 2.01. The number of rotatable bonds is 2. The SMILES string of the molecule is Cn1nnnc1C1CN(c2ccnc3cc(Cl)ccc23)CCO1. The average Bonchev–Trinajstić information content (AvgIpc) is 3.00. The summed E-state index contributed by atoms with van der Waals surface area (Å²) in [6, 6.07) is 7.80. The van der Waals surface area contributed by atoms with Gasteiger partial charge in [-0.3, -0.25) is 4.98 Å². The van der Waals surface area contributed by atoms with Gasteiger partial charge >= 0.3 is 0 Å². The molecular formula is C15H15ClN6O. The Morgan fingerprint density at radius 3 is 3.04 bits per heavy atom. The van der Waals surface area contributed by atoms with Crippen LogP contribution in [0.3, 0.4) is 0 Å². The predicted molar refractivity (Wildman–Crippen MR) is 86.5 cm³/mol. The Morgan fingerprint density at radius 2 is 2.22 bits per heavy atom. The van der Waals surface area contributed by atoms with Crippen LogP contribution in [0.15, 0.2) is 30.5 Å². The fourth-order valence-electron chi connectivity index (χ4n) is 2.92. The maximum atomic E-state index is 6.07. The van der Waals surface area contributed by atoms with Gasteiger partial charge in [0.15, 0.2) is 5.82 Å². The maximum Gasteiger partial charge on any atom is 0.181 e. The van der Waals surface area contributed by atoms with Crippen molar-refractivity contribution in [2.75, 3.05) is 24.6 Å². The zero-order valence-electron chi connectivity index (χ0n) is 12.6. The Bertz CT molecular complexity index is 851. The second kappa shape index (κ2) is 5.75. The summed E-state index contributed by atoms with van der Waals surface area (Å²) in [6.07, 6.45) is 1.65. The Hall–Kier alpha value is -2.25. The van der Waals surface area contributed by atoms with Crippen molar-refractivity contribution in [3.63, 3.8) is 0 Å². The topological polar surface area (TPSA) is 69.0 Å². The summed E-state index contributed by atoms with van der Waals surface area (Å²) in [4.78, 5) is 6.68.